The molecule has 0 atom stereocenters. The Balaban J connectivity index is 2.04. The van der Waals surface area contributed by atoms with E-state index < -0.39 is 0 Å². The lowest BCUT2D eigenvalue weighted by molar-refractivity contribution is -0.122. The number of nitrogens with zero attached hydrogens (tertiary/aromatic N) is 7. The van der Waals surface area contributed by atoms with Crippen molar-refractivity contribution in [3.05, 3.63) is 49.2 Å². The molecular weight excluding hydrogens is 560 g/mol. The molecule has 1 aliphatic rings. The molecule has 1 amide bonds. The van der Waals surface area contributed by atoms with Crippen LogP contribution in [-0.4, -0.2) is 141 Å². The molecule has 1 aromatic rings. The highest BCUT2D eigenvalue weighted by molar-refractivity contribution is 5.77. The third kappa shape index (κ3) is 14.3. The van der Waals surface area contributed by atoms with Crippen molar-refractivity contribution >= 4 is 5.91 Å². The molecule has 250 valence electrons. The molecule has 0 spiro atoms. The number of carbonyl (C=O) groups is 1. The van der Waals surface area contributed by atoms with Crippen LogP contribution < -0.4 is 5.32 Å². The van der Waals surface area contributed by atoms with Gasteiger partial charge in [-0.1, -0.05) is 38.3 Å². The summed E-state index contributed by atoms with van der Waals surface area (Å²) in [6.45, 7) is 27.8. The predicted octanol–water partition coefficient (Wildman–Crippen LogP) is 2.37. The predicted molar refractivity (Wildman–Crippen MR) is 175 cm³/mol. The van der Waals surface area contributed by atoms with Crippen LogP contribution in [0, 0.1) is 5.41 Å². The van der Waals surface area contributed by atoms with E-state index in [4.69, 9.17) is 0 Å². The molecule has 0 aliphatic carbocycles. The van der Waals surface area contributed by atoms with Gasteiger partial charge in [0.15, 0.2) is 0 Å². The third-order valence-electron chi connectivity index (χ3n) is 8.05. The molecule has 2 heterocycles. The van der Waals surface area contributed by atoms with Gasteiger partial charge in [-0.05, 0) is 38.5 Å². The van der Waals surface area contributed by atoms with Gasteiger partial charge < -0.3 is 20.6 Å². The smallest absolute Gasteiger partial charge is 0.234 e. The van der Waals surface area contributed by atoms with Crippen molar-refractivity contribution in [1.29, 1.82) is 0 Å². The van der Waals surface area contributed by atoms with E-state index in [1.165, 1.54) is 0 Å². The number of carbonyl (C=O) groups excluding carboxylic acids is 1. The van der Waals surface area contributed by atoms with Crippen molar-refractivity contribution in [3.63, 3.8) is 0 Å². The Morgan fingerprint density at radius 1 is 0.909 bits per heavy atom. The molecule has 1 saturated heterocycles. The molecule has 12 heteroatoms. The summed E-state index contributed by atoms with van der Waals surface area (Å²) in [7, 11) is 0. The highest BCUT2D eigenvalue weighted by Gasteiger charge is 2.31. The van der Waals surface area contributed by atoms with Gasteiger partial charge in [-0.3, -0.25) is 24.4 Å². The summed E-state index contributed by atoms with van der Waals surface area (Å²) in [4.78, 5) is 21.8. The van der Waals surface area contributed by atoms with Crippen molar-refractivity contribution in [2.75, 3.05) is 85.1 Å². The maximum Gasteiger partial charge on any atom is 0.234 e. The maximum absolute atomic E-state index is 13.1. The fourth-order valence-electron chi connectivity index (χ4n) is 5.96. The SMILES string of the molecule is C=CCN1CCN(CC(=C)O)CCN(CC(=O)NCc2cn(C(C)(C)CC(C)(C)CCCO)nn2)CCN(CC(=C)O)CC1. The Morgan fingerprint density at radius 3 is 1.89 bits per heavy atom. The van der Waals surface area contributed by atoms with Gasteiger partial charge in [0, 0.05) is 65.5 Å². The van der Waals surface area contributed by atoms with Crippen molar-refractivity contribution in [2.45, 2.75) is 59.0 Å². The first-order valence-electron chi connectivity index (χ1n) is 15.8. The molecule has 0 saturated carbocycles. The molecule has 0 radical (unpaired) electrons. The molecule has 4 N–H and O–H groups in total. The molecule has 1 aromatic heterocycles. The van der Waals surface area contributed by atoms with E-state index in [1.54, 1.807) is 0 Å². The second-order valence-electron chi connectivity index (χ2n) is 13.5. The zero-order valence-electron chi connectivity index (χ0n) is 27.7. The standard InChI is InChI=1S/C32H58N8O4/c1-8-11-36-12-14-37(22-27(2)42)16-18-39(19-17-38(15-13-36)23-28(3)43)25-30(44)33-21-29-24-40(35-34-29)32(6,7)26-31(4,5)10-9-20-41/h8,24,41-43H,1-3,9-23,25-26H2,4-7H3,(H,33,44). The lowest BCUT2D eigenvalue weighted by Gasteiger charge is -2.35. The summed E-state index contributed by atoms with van der Waals surface area (Å²) in [5.74, 6) is 0.132. The van der Waals surface area contributed by atoms with Crippen LogP contribution in [0.3, 0.4) is 0 Å². The largest absolute Gasteiger partial charge is 0.512 e. The van der Waals surface area contributed by atoms with Crippen LogP contribution in [0.5, 0.6) is 0 Å². The van der Waals surface area contributed by atoms with Crippen LogP contribution in [0.1, 0.15) is 52.7 Å². The van der Waals surface area contributed by atoms with Crippen molar-refractivity contribution < 1.29 is 20.1 Å². The lowest BCUT2D eigenvalue weighted by Crippen LogP contribution is -2.48. The minimum atomic E-state index is -0.270. The van der Waals surface area contributed by atoms with E-state index in [0.29, 0.717) is 45.0 Å². The van der Waals surface area contributed by atoms with E-state index in [2.05, 4.69) is 82.7 Å². The highest BCUT2D eigenvalue weighted by atomic mass is 16.3. The number of aliphatic hydroxyl groups is 3. The lowest BCUT2D eigenvalue weighted by atomic mass is 9.77. The first-order chi connectivity index (χ1) is 20.7. The molecule has 1 aliphatic heterocycles. The molecule has 2 rings (SSSR count). The Labute approximate surface area is 264 Å². The maximum atomic E-state index is 13.1. The number of hydrogen-bond acceptors (Lipinski definition) is 10. The van der Waals surface area contributed by atoms with Crippen LogP contribution >= 0.6 is 0 Å². The molecule has 1 fully saturated rings. The van der Waals surface area contributed by atoms with Crippen molar-refractivity contribution in [3.8, 4) is 0 Å². The summed E-state index contributed by atoms with van der Waals surface area (Å²) < 4.78 is 1.87. The quantitative estimate of drug-likeness (QED) is 0.162. The van der Waals surface area contributed by atoms with Gasteiger partial charge in [0.1, 0.15) is 5.69 Å². The molecule has 44 heavy (non-hydrogen) atoms. The monoisotopic (exact) mass is 618 g/mol. The Bertz CT molecular complexity index is 1020. The molecule has 0 unspecified atom stereocenters. The van der Waals surface area contributed by atoms with E-state index in [1.807, 2.05) is 17.0 Å². The average molecular weight is 619 g/mol. The number of nitrogens with one attached hydrogen (secondary N) is 1. The van der Waals surface area contributed by atoms with Crippen LogP contribution in [0.2, 0.25) is 0 Å². The third-order valence-corrected chi connectivity index (χ3v) is 8.05. The number of amides is 1. The van der Waals surface area contributed by atoms with E-state index in [-0.39, 0.29) is 48.1 Å². The van der Waals surface area contributed by atoms with Crippen LogP contribution in [0.4, 0.5) is 0 Å². The summed E-state index contributed by atoms with van der Waals surface area (Å²) in [5, 5.41) is 40.7. The van der Waals surface area contributed by atoms with Gasteiger partial charge in [-0.15, -0.1) is 11.7 Å². The van der Waals surface area contributed by atoms with E-state index in [9.17, 15) is 20.1 Å². The summed E-state index contributed by atoms with van der Waals surface area (Å²) in [5.41, 5.74) is 0.463. The Morgan fingerprint density at radius 2 is 1.41 bits per heavy atom. The van der Waals surface area contributed by atoms with Gasteiger partial charge in [-0.2, -0.15) is 0 Å². The minimum absolute atomic E-state index is 0.0413. The first kappa shape index (κ1) is 37.4. The summed E-state index contributed by atoms with van der Waals surface area (Å²) >= 11 is 0. The molecule has 0 aromatic carbocycles. The summed E-state index contributed by atoms with van der Waals surface area (Å²) in [6.07, 6.45) is 6.35. The topological polar surface area (TPSA) is 133 Å². The zero-order chi connectivity index (χ0) is 32.8. The average Bonchev–Trinajstić information content (AvgIpc) is 3.41. The van der Waals surface area contributed by atoms with E-state index >= 15 is 0 Å². The Kier molecular flexibility index (Phi) is 15.5. The van der Waals surface area contributed by atoms with Crippen molar-refractivity contribution in [1.82, 2.24) is 39.9 Å². The van der Waals surface area contributed by atoms with Crippen LogP contribution in [0.15, 0.2) is 43.5 Å². The second-order valence-corrected chi connectivity index (χ2v) is 13.5. The highest BCUT2D eigenvalue weighted by Crippen LogP contribution is 2.35. The second kappa shape index (κ2) is 18.3. The van der Waals surface area contributed by atoms with Gasteiger partial charge >= 0.3 is 0 Å². The minimum Gasteiger partial charge on any atom is -0.512 e. The van der Waals surface area contributed by atoms with Crippen LogP contribution in [-0.2, 0) is 16.9 Å². The Hall–Kier alpha value is -2.77. The zero-order valence-corrected chi connectivity index (χ0v) is 27.7. The van der Waals surface area contributed by atoms with Gasteiger partial charge in [0.05, 0.1) is 49.4 Å². The first-order valence-corrected chi connectivity index (χ1v) is 15.8. The molecule has 12 nitrogen and oxygen atoms in total. The van der Waals surface area contributed by atoms with Gasteiger partial charge in [0.25, 0.3) is 0 Å². The fraction of sp³-hybridized carbons (Fsp3) is 0.719. The van der Waals surface area contributed by atoms with E-state index in [0.717, 1.165) is 52.0 Å². The van der Waals surface area contributed by atoms with Crippen molar-refractivity contribution in [2.24, 2.45) is 5.41 Å². The molecular formula is C32H58N8O4. The number of aliphatic hydroxyl groups excluding tert-OH is 3. The number of rotatable bonds is 16. The normalized spacial score (nSPS) is 17.5. The van der Waals surface area contributed by atoms with Gasteiger partial charge in [0.2, 0.25) is 5.91 Å². The number of aromatic nitrogens is 3. The molecule has 0 bridgehead atoms. The van der Waals surface area contributed by atoms with Crippen LogP contribution in [0.25, 0.3) is 0 Å². The fourth-order valence-corrected chi connectivity index (χ4v) is 5.96. The van der Waals surface area contributed by atoms with Gasteiger partial charge in [-0.25, -0.2) is 4.68 Å². The summed E-state index contributed by atoms with van der Waals surface area (Å²) in [6, 6.07) is 0. The number of hydrogen-bond donors (Lipinski definition) is 4.